The van der Waals surface area contributed by atoms with E-state index in [0.717, 1.165) is 31.2 Å². The molecule has 4 aromatic rings. The number of aryl methyl sites for hydroxylation is 2. The molecular formula is C21H19N3O3S3. The molecule has 9 heteroatoms. The predicted molar refractivity (Wildman–Crippen MR) is 124 cm³/mol. The van der Waals surface area contributed by atoms with Crippen molar-refractivity contribution in [2.45, 2.75) is 25.1 Å². The van der Waals surface area contributed by atoms with Crippen molar-refractivity contribution in [2.75, 3.05) is 17.7 Å². The van der Waals surface area contributed by atoms with Crippen LogP contribution in [0.1, 0.15) is 27.9 Å². The number of ether oxygens (including phenoxy) is 1. The molecule has 0 atom stereocenters. The predicted octanol–water partition coefficient (Wildman–Crippen LogP) is 5.43. The highest BCUT2D eigenvalue weighted by Crippen LogP contribution is 2.38. The van der Waals surface area contributed by atoms with Crippen LogP contribution in [0.4, 0.5) is 5.69 Å². The van der Waals surface area contributed by atoms with Crippen molar-refractivity contribution in [1.82, 2.24) is 9.97 Å². The summed E-state index contributed by atoms with van der Waals surface area (Å²) < 4.78 is 7.11. The van der Waals surface area contributed by atoms with Gasteiger partial charge in [0.2, 0.25) is 5.91 Å². The molecule has 3 aromatic heterocycles. The third-order valence-electron chi connectivity index (χ3n) is 4.31. The van der Waals surface area contributed by atoms with Gasteiger partial charge in [0.25, 0.3) is 0 Å². The van der Waals surface area contributed by atoms with Crippen LogP contribution in [0.2, 0.25) is 0 Å². The molecular weight excluding hydrogens is 438 g/mol. The van der Waals surface area contributed by atoms with E-state index in [2.05, 4.69) is 15.3 Å². The molecule has 0 aliphatic rings. The minimum absolute atomic E-state index is 0.192. The van der Waals surface area contributed by atoms with E-state index < -0.39 is 5.97 Å². The van der Waals surface area contributed by atoms with Gasteiger partial charge in [0.15, 0.2) is 4.34 Å². The number of pyridine rings is 1. The number of hydrogen-bond donors (Lipinski definition) is 1. The maximum atomic E-state index is 12.7. The first-order valence-corrected chi connectivity index (χ1v) is 11.9. The lowest BCUT2D eigenvalue weighted by molar-refractivity contribution is -0.113. The Morgan fingerprint density at radius 3 is 2.73 bits per heavy atom. The van der Waals surface area contributed by atoms with Crippen molar-refractivity contribution in [2.24, 2.45) is 0 Å². The number of fused-ring (bicyclic) bond motifs is 2. The van der Waals surface area contributed by atoms with Gasteiger partial charge in [-0.2, -0.15) is 0 Å². The Balaban J connectivity index is 1.58. The summed E-state index contributed by atoms with van der Waals surface area (Å²) in [6.07, 6.45) is 0. The summed E-state index contributed by atoms with van der Waals surface area (Å²) in [6.45, 7) is 5.87. The molecule has 0 radical (unpaired) electrons. The van der Waals surface area contributed by atoms with Crippen LogP contribution in [-0.2, 0) is 9.53 Å². The average molecular weight is 458 g/mol. The number of esters is 1. The van der Waals surface area contributed by atoms with Crippen molar-refractivity contribution in [3.8, 4) is 0 Å². The summed E-state index contributed by atoms with van der Waals surface area (Å²) in [4.78, 5) is 35.4. The summed E-state index contributed by atoms with van der Waals surface area (Å²) in [5.74, 6) is -0.464. The number of carbonyl (C=O) groups excluding carboxylic acids is 2. The molecule has 1 amide bonds. The third kappa shape index (κ3) is 4.19. The van der Waals surface area contributed by atoms with Crippen LogP contribution in [-0.4, -0.2) is 34.2 Å². The second-order valence-electron chi connectivity index (χ2n) is 6.57. The number of thioether (sulfide) groups is 1. The van der Waals surface area contributed by atoms with Gasteiger partial charge in [0.05, 0.1) is 28.3 Å². The van der Waals surface area contributed by atoms with Gasteiger partial charge < -0.3 is 10.1 Å². The van der Waals surface area contributed by atoms with E-state index in [9.17, 15) is 9.59 Å². The van der Waals surface area contributed by atoms with Gasteiger partial charge in [-0.05, 0) is 44.5 Å². The van der Waals surface area contributed by atoms with Crippen molar-refractivity contribution in [1.29, 1.82) is 0 Å². The minimum atomic E-state index is -0.452. The Labute approximate surface area is 185 Å². The smallest absolute Gasteiger partial charge is 0.350 e. The van der Waals surface area contributed by atoms with E-state index in [0.29, 0.717) is 15.4 Å². The zero-order chi connectivity index (χ0) is 21.3. The molecule has 3 heterocycles. The summed E-state index contributed by atoms with van der Waals surface area (Å²) >= 11 is 4.18. The summed E-state index contributed by atoms with van der Waals surface area (Å²) in [6, 6.07) is 9.82. The molecule has 0 saturated heterocycles. The zero-order valence-electron chi connectivity index (χ0n) is 16.6. The summed E-state index contributed by atoms with van der Waals surface area (Å²) in [7, 11) is 0. The first-order valence-electron chi connectivity index (χ1n) is 9.32. The highest BCUT2D eigenvalue weighted by Gasteiger charge is 2.23. The monoisotopic (exact) mass is 457 g/mol. The van der Waals surface area contributed by atoms with Crippen molar-refractivity contribution in [3.05, 3.63) is 46.5 Å². The van der Waals surface area contributed by atoms with Crippen LogP contribution >= 0.6 is 34.4 Å². The number of rotatable bonds is 6. The van der Waals surface area contributed by atoms with Crippen LogP contribution in [0.3, 0.4) is 0 Å². The van der Waals surface area contributed by atoms with E-state index >= 15 is 0 Å². The number of nitrogens with zero attached hydrogens (tertiary/aromatic N) is 2. The fraction of sp³-hybridized carbons (Fsp3) is 0.238. The van der Waals surface area contributed by atoms with E-state index in [4.69, 9.17) is 4.74 Å². The molecule has 1 aromatic carbocycles. The normalized spacial score (nSPS) is 11.2. The molecule has 154 valence electrons. The fourth-order valence-electron chi connectivity index (χ4n) is 3.12. The molecule has 4 rings (SSSR count). The molecule has 30 heavy (non-hydrogen) atoms. The van der Waals surface area contributed by atoms with Gasteiger partial charge in [-0.3, -0.25) is 4.79 Å². The number of amides is 1. The molecule has 0 fully saturated rings. The van der Waals surface area contributed by atoms with Crippen LogP contribution in [0.25, 0.3) is 20.4 Å². The van der Waals surface area contributed by atoms with Gasteiger partial charge in [0.1, 0.15) is 9.71 Å². The molecule has 0 aliphatic carbocycles. The highest BCUT2D eigenvalue weighted by atomic mass is 32.2. The van der Waals surface area contributed by atoms with Crippen LogP contribution in [0, 0.1) is 13.8 Å². The van der Waals surface area contributed by atoms with Gasteiger partial charge >= 0.3 is 5.97 Å². The average Bonchev–Trinajstić information content (AvgIpc) is 3.27. The Morgan fingerprint density at radius 2 is 1.97 bits per heavy atom. The zero-order valence-corrected chi connectivity index (χ0v) is 19.1. The molecule has 0 bridgehead atoms. The Kier molecular flexibility index (Phi) is 6.03. The number of para-hydroxylation sites is 1. The quantitative estimate of drug-likeness (QED) is 0.307. The van der Waals surface area contributed by atoms with E-state index in [1.54, 1.807) is 18.3 Å². The number of hydrogen-bond acceptors (Lipinski definition) is 8. The second-order valence-corrected chi connectivity index (χ2v) is 9.82. The Bertz CT molecular complexity index is 1230. The highest BCUT2D eigenvalue weighted by molar-refractivity contribution is 8.01. The first kappa shape index (κ1) is 20.8. The summed E-state index contributed by atoms with van der Waals surface area (Å²) in [5.41, 5.74) is 3.23. The van der Waals surface area contributed by atoms with E-state index in [-0.39, 0.29) is 18.3 Å². The number of benzene rings is 1. The number of thiophene rings is 1. The van der Waals surface area contributed by atoms with Crippen molar-refractivity contribution in [3.63, 3.8) is 0 Å². The minimum Gasteiger partial charge on any atom is -0.462 e. The second kappa shape index (κ2) is 8.71. The van der Waals surface area contributed by atoms with Gasteiger partial charge in [-0.25, -0.2) is 14.8 Å². The lowest BCUT2D eigenvalue weighted by Crippen LogP contribution is -2.16. The van der Waals surface area contributed by atoms with Gasteiger partial charge in [-0.15, -0.1) is 22.7 Å². The molecule has 1 N–H and O–H groups in total. The topological polar surface area (TPSA) is 81.2 Å². The third-order valence-corrected chi connectivity index (χ3v) is 7.56. The van der Waals surface area contributed by atoms with Gasteiger partial charge in [-0.1, -0.05) is 23.9 Å². The molecule has 0 saturated carbocycles. The number of thiazole rings is 1. The van der Waals surface area contributed by atoms with E-state index in [1.807, 2.05) is 44.2 Å². The maximum Gasteiger partial charge on any atom is 0.350 e. The van der Waals surface area contributed by atoms with Crippen molar-refractivity contribution >= 4 is 72.4 Å². The molecule has 0 aliphatic heterocycles. The fourth-order valence-corrected chi connectivity index (χ4v) is 6.13. The van der Waals surface area contributed by atoms with Gasteiger partial charge in [0, 0.05) is 11.1 Å². The Hall–Kier alpha value is -2.49. The van der Waals surface area contributed by atoms with Crippen LogP contribution < -0.4 is 5.32 Å². The first-order chi connectivity index (χ1) is 14.5. The standard InChI is InChI=1S/C21H19N3O3S3/c1-4-27-20(26)18-17(16-11(2)9-12(3)22-19(16)30-18)24-15(25)10-28-21-23-13-7-5-6-8-14(13)29-21/h5-9H,4,10H2,1-3H3,(H,24,25). The van der Waals surface area contributed by atoms with Crippen LogP contribution in [0.5, 0.6) is 0 Å². The molecule has 0 spiro atoms. The number of carbonyl (C=O) groups is 2. The largest absolute Gasteiger partial charge is 0.462 e. The van der Waals surface area contributed by atoms with Crippen LogP contribution in [0.15, 0.2) is 34.7 Å². The lowest BCUT2D eigenvalue weighted by atomic mass is 10.1. The number of aromatic nitrogens is 2. The summed E-state index contributed by atoms with van der Waals surface area (Å²) in [5, 5.41) is 3.71. The van der Waals surface area contributed by atoms with Crippen molar-refractivity contribution < 1.29 is 14.3 Å². The SMILES string of the molecule is CCOC(=O)c1sc2nc(C)cc(C)c2c1NC(=O)CSc1nc2ccccc2s1. The van der Waals surface area contributed by atoms with E-state index in [1.165, 1.54) is 23.1 Å². The molecule has 6 nitrogen and oxygen atoms in total. The molecule has 0 unspecified atom stereocenters. The Morgan fingerprint density at radius 1 is 1.17 bits per heavy atom. The maximum absolute atomic E-state index is 12.7. The number of anilines is 1. The number of nitrogens with one attached hydrogen (secondary N) is 1. The lowest BCUT2D eigenvalue weighted by Gasteiger charge is -2.08.